The van der Waals surface area contributed by atoms with Crippen LogP contribution in [-0.2, 0) is 0 Å². The third kappa shape index (κ3) is 2.96. The molecule has 2 heteroatoms. The molecule has 64 valence electrons. The zero-order chi connectivity index (χ0) is 8.93. The van der Waals surface area contributed by atoms with Crippen LogP contribution < -0.4 is 23.6 Å². The summed E-state index contributed by atoms with van der Waals surface area (Å²) >= 11 is 0. The molecule has 0 unspecified atom stereocenters. The number of benzene rings is 2. The van der Waals surface area contributed by atoms with Crippen LogP contribution in [0.25, 0.3) is 0 Å². The SMILES string of the molecule is [Li+].[c-]1ccc(Oc2ccccc2)cc1. The second kappa shape index (κ2) is 5.54. The largest absolute Gasteiger partial charge is 1.00 e. The molecule has 0 N–H and O–H groups in total. The van der Waals surface area contributed by atoms with Crippen LogP contribution in [0.3, 0.4) is 0 Å². The predicted molar refractivity (Wildman–Crippen MR) is 51.8 cm³/mol. The Morgan fingerprint density at radius 2 is 1.36 bits per heavy atom. The first-order valence-electron chi connectivity index (χ1n) is 4.14. The fourth-order valence-corrected chi connectivity index (χ4v) is 1.06. The monoisotopic (exact) mass is 176 g/mol. The zero-order valence-electron chi connectivity index (χ0n) is 8.10. The topological polar surface area (TPSA) is 9.23 Å². The summed E-state index contributed by atoms with van der Waals surface area (Å²) in [7, 11) is 0. The van der Waals surface area contributed by atoms with Crippen LogP contribution in [0, 0.1) is 6.07 Å². The van der Waals surface area contributed by atoms with Gasteiger partial charge in [0.05, 0.1) is 0 Å². The Bertz CT molecular complexity index is 321. The smallest absolute Gasteiger partial charge is 0.483 e. The minimum absolute atomic E-state index is 0. The molecule has 0 fully saturated rings. The van der Waals surface area contributed by atoms with Crippen LogP contribution in [-0.4, -0.2) is 0 Å². The molecule has 0 heterocycles. The Balaban J connectivity index is 0.000000980. The summed E-state index contributed by atoms with van der Waals surface area (Å²) in [6.45, 7) is 0. The van der Waals surface area contributed by atoms with Crippen molar-refractivity contribution in [1.29, 1.82) is 0 Å². The van der Waals surface area contributed by atoms with Gasteiger partial charge in [0, 0.05) is 5.75 Å². The number of para-hydroxylation sites is 1. The molecule has 0 bridgehead atoms. The maximum atomic E-state index is 5.56. The molecule has 0 aliphatic carbocycles. The normalized spacial score (nSPS) is 8.86. The molecular weight excluding hydrogens is 167 g/mol. The molecule has 0 radical (unpaired) electrons. The Labute approximate surface area is 95.9 Å². The first-order valence-corrected chi connectivity index (χ1v) is 4.14. The second-order valence-electron chi connectivity index (χ2n) is 2.65. The van der Waals surface area contributed by atoms with E-state index in [1.807, 2.05) is 54.6 Å². The van der Waals surface area contributed by atoms with E-state index >= 15 is 0 Å². The van der Waals surface area contributed by atoms with Gasteiger partial charge in [-0.15, -0.1) is 12.1 Å². The molecule has 0 amide bonds. The van der Waals surface area contributed by atoms with Gasteiger partial charge in [-0.05, 0) is 12.1 Å². The van der Waals surface area contributed by atoms with Gasteiger partial charge in [-0.3, -0.25) is 0 Å². The standard InChI is InChI=1S/C12H9O.Li/c1-3-7-11(8-4-1)13-12-9-5-2-6-10-12;/h1,3-10H;/q-1;+1. The van der Waals surface area contributed by atoms with Crippen LogP contribution in [0.1, 0.15) is 0 Å². The summed E-state index contributed by atoms with van der Waals surface area (Å²) < 4.78 is 5.56. The van der Waals surface area contributed by atoms with Crippen molar-refractivity contribution in [2.45, 2.75) is 0 Å². The van der Waals surface area contributed by atoms with E-state index in [9.17, 15) is 0 Å². The molecule has 0 aliphatic heterocycles. The van der Waals surface area contributed by atoms with Gasteiger partial charge in [-0.25, -0.2) is 0 Å². The average molecular weight is 176 g/mol. The van der Waals surface area contributed by atoms with Gasteiger partial charge in [0.25, 0.3) is 0 Å². The van der Waals surface area contributed by atoms with Gasteiger partial charge in [0.2, 0.25) is 0 Å². The third-order valence-electron chi connectivity index (χ3n) is 1.67. The van der Waals surface area contributed by atoms with Crippen molar-refractivity contribution in [3.63, 3.8) is 0 Å². The Morgan fingerprint density at radius 3 is 2.00 bits per heavy atom. The van der Waals surface area contributed by atoms with E-state index < -0.39 is 0 Å². The van der Waals surface area contributed by atoms with Crippen LogP contribution >= 0.6 is 0 Å². The van der Waals surface area contributed by atoms with E-state index in [-0.39, 0.29) is 18.9 Å². The first-order chi connectivity index (χ1) is 6.45. The third-order valence-corrected chi connectivity index (χ3v) is 1.67. The maximum absolute atomic E-state index is 5.56. The van der Waals surface area contributed by atoms with Crippen LogP contribution in [0.4, 0.5) is 0 Å². The second-order valence-corrected chi connectivity index (χ2v) is 2.65. The summed E-state index contributed by atoms with van der Waals surface area (Å²) in [4.78, 5) is 0. The van der Waals surface area contributed by atoms with Crippen molar-refractivity contribution in [3.8, 4) is 11.5 Å². The summed E-state index contributed by atoms with van der Waals surface area (Å²) in [5, 5.41) is 0. The van der Waals surface area contributed by atoms with E-state index in [1.54, 1.807) is 0 Å². The van der Waals surface area contributed by atoms with E-state index in [2.05, 4.69) is 6.07 Å². The molecular formula is C12H9LiO. The number of ether oxygens (including phenoxy) is 1. The minimum atomic E-state index is 0. The van der Waals surface area contributed by atoms with Gasteiger partial charge in [0.1, 0.15) is 5.75 Å². The molecule has 0 saturated heterocycles. The van der Waals surface area contributed by atoms with Crippen molar-refractivity contribution < 1.29 is 23.6 Å². The van der Waals surface area contributed by atoms with Gasteiger partial charge in [-0.1, -0.05) is 18.2 Å². The first kappa shape index (κ1) is 10.9. The molecule has 1 nitrogen and oxygen atoms in total. The molecule has 0 atom stereocenters. The molecule has 0 spiro atoms. The summed E-state index contributed by atoms with van der Waals surface area (Å²) in [6, 6.07) is 20.1. The predicted octanol–water partition coefficient (Wildman–Crippen LogP) is 0.283. The Hall–Kier alpha value is -1.16. The van der Waals surface area contributed by atoms with Gasteiger partial charge in [0.15, 0.2) is 0 Å². The van der Waals surface area contributed by atoms with E-state index in [0.29, 0.717) is 0 Å². The van der Waals surface area contributed by atoms with Gasteiger partial charge in [-0.2, -0.15) is 18.2 Å². The number of hydrogen-bond acceptors (Lipinski definition) is 1. The van der Waals surface area contributed by atoms with E-state index in [4.69, 9.17) is 4.74 Å². The van der Waals surface area contributed by atoms with Crippen molar-refractivity contribution in [2.75, 3.05) is 0 Å². The molecule has 0 aromatic heterocycles. The van der Waals surface area contributed by atoms with Crippen LogP contribution in [0.2, 0.25) is 0 Å². The molecule has 2 rings (SSSR count). The summed E-state index contributed by atoms with van der Waals surface area (Å²) in [6.07, 6.45) is 0. The van der Waals surface area contributed by atoms with Gasteiger partial charge >= 0.3 is 18.9 Å². The molecule has 0 saturated carbocycles. The van der Waals surface area contributed by atoms with Gasteiger partial charge < -0.3 is 4.74 Å². The quantitative estimate of drug-likeness (QED) is 0.472. The summed E-state index contributed by atoms with van der Waals surface area (Å²) in [5.74, 6) is 1.69. The van der Waals surface area contributed by atoms with Crippen LogP contribution in [0.5, 0.6) is 11.5 Å². The van der Waals surface area contributed by atoms with Crippen molar-refractivity contribution in [2.24, 2.45) is 0 Å². The van der Waals surface area contributed by atoms with Crippen molar-refractivity contribution in [3.05, 3.63) is 60.7 Å². The summed E-state index contributed by atoms with van der Waals surface area (Å²) in [5.41, 5.74) is 0. The fraction of sp³-hybridized carbons (Fsp3) is 0. The van der Waals surface area contributed by atoms with Crippen molar-refractivity contribution >= 4 is 0 Å². The van der Waals surface area contributed by atoms with Crippen LogP contribution in [0.15, 0.2) is 54.6 Å². The van der Waals surface area contributed by atoms with E-state index in [1.165, 1.54) is 0 Å². The van der Waals surface area contributed by atoms with Crippen molar-refractivity contribution in [1.82, 2.24) is 0 Å². The number of rotatable bonds is 2. The molecule has 2 aromatic rings. The number of hydrogen-bond donors (Lipinski definition) is 0. The maximum Gasteiger partial charge on any atom is 1.00 e. The Kier molecular flexibility index (Phi) is 4.32. The average Bonchev–Trinajstić information content (AvgIpc) is 2.21. The zero-order valence-corrected chi connectivity index (χ0v) is 8.10. The Morgan fingerprint density at radius 1 is 0.786 bits per heavy atom. The fourth-order valence-electron chi connectivity index (χ4n) is 1.06. The molecule has 14 heavy (non-hydrogen) atoms. The molecule has 0 aliphatic rings. The minimum Gasteiger partial charge on any atom is -0.483 e. The van der Waals surface area contributed by atoms with E-state index in [0.717, 1.165) is 11.5 Å². The molecule has 2 aromatic carbocycles.